The van der Waals surface area contributed by atoms with Gasteiger partial charge in [0.05, 0.1) is 5.00 Å². The van der Waals surface area contributed by atoms with Gasteiger partial charge in [0, 0.05) is 6.42 Å². The van der Waals surface area contributed by atoms with E-state index in [2.05, 4.69) is 19.1 Å². The monoisotopic (exact) mass is 323 g/mol. The van der Waals surface area contributed by atoms with Crippen LogP contribution in [0.25, 0.3) is 0 Å². The zero-order valence-electron chi connectivity index (χ0n) is 14.3. The maximum atomic E-state index is 6.46. The van der Waals surface area contributed by atoms with Gasteiger partial charge in [-0.3, -0.25) is 0 Å². The van der Waals surface area contributed by atoms with Gasteiger partial charge in [0.2, 0.25) is 0 Å². The molecule has 1 unspecified atom stereocenters. The van der Waals surface area contributed by atoms with Crippen LogP contribution in [0.4, 0.5) is 0 Å². The van der Waals surface area contributed by atoms with Gasteiger partial charge >= 0.3 is 0 Å². The summed E-state index contributed by atoms with van der Waals surface area (Å²) in [6, 6.07) is 10.3. The van der Waals surface area contributed by atoms with Crippen molar-refractivity contribution in [3.63, 3.8) is 0 Å². The van der Waals surface area contributed by atoms with E-state index in [4.69, 9.17) is 17.3 Å². The van der Waals surface area contributed by atoms with Crippen LogP contribution in [-0.2, 0) is 6.42 Å². The third-order valence-corrected chi connectivity index (χ3v) is 4.61. The SMILES string of the molecule is CCCCCCCCCCCCC(N)(Cl)Cc1ccccc1. The predicted octanol–water partition coefficient (Wildman–Crippen LogP) is 6.43. The molecule has 0 aliphatic carbocycles. The Labute approximate surface area is 142 Å². The summed E-state index contributed by atoms with van der Waals surface area (Å²) in [6.45, 7) is 2.27. The lowest BCUT2D eigenvalue weighted by Crippen LogP contribution is -2.35. The number of halogens is 1. The van der Waals surface area contributed by atoms with E-state index < -0.39 is 5.00 Å². The molecule has 1 aromatic rings. The summed E-state index contributed by atoms with van der Waals surface area (Å²) in [4.78, 5) is -0.582. The second-order valence-electron chi connectivity index (χ2n) is 6.63. The highest BCUT2D eigenvalue weighted by atomic mass is 35.5. The lowest BCUT2D eigenvalue weighted by atomic mass is 9.99. The lowest BCUT2D eigenvalue weighted by Gasteiger charge is -2.22. The second-order valence-corrected chi connectivity index (χ2v) is 7.38. The average Bonchev–Trinajstić information content (AvgIpc) is 2.49. The van der Waals surface area contributed by atoms with E-state index in [1.165, 1.54) is 63.4 Å². The minimum Gasteiger partial charge on any atom is -0.312 e. The van der Waals surface area contributed by atoms with Crippen LogP contribution in [0.3, 0.4) is 0 Å². The molecule has 0 bridgehead atoms. The third kappa shape index (κ3) is 10.2. The number of hydrogen-bond acceptors (Lipinski definition) is 1. The topological polar surface area (TPSA) is 26.0 Å². The summed E-state index contributed by atoms with van der Waals surface area (Å²) in [7, 11) is 0. The predicted molar refractivity (Wildman–Crippen MR) is 99.4 cm³/mol. The lowest BCUT2D eigenvalue weighted by molar-refractivity contribution is 0.488. The first-order valence-electron chi connectivity index (χ1n) is 9.16. The molecule has 0 saturated carbocycles. The molecular weight excluding hydrogens is 290 g/mol. The molecule has 0 heterocycles. The molecule has 0 spiro atoms. The van der Waals surface area contributed by atoms with Gasteiger partial charge in [-0.15, -0.1) is 11.6 Å². The third-order valence-electron chi connectivity index (χ3n) is 4.29. The quantitative estimate of drug-likeness (QED) is 0.252. The first kappa shape index (κ1) is 19.5. The normalized spacial score (nSPS) is 14.0. The van der Waals surface area contributed by atoms with Crippen LogP contribution in [0.5, 0.6) is 0 Å². The molecule has 0 aliphatic heterocycles. The van der Waals surface area contributed by atoms with E-state index in [0.29, 0.717) is 0 Å². The summed E-state index contributed by atoms with van der Waals surface area (Å²) in [6.07, 6.45) is 15.1. The van der Waals surface area contributed by atoms with Crippen LogP contribution in [0.2, 0.25) is 0 Å². The highest BCUT2D eigenvalue weighted by molar-refractivity contribution is 6.23. The molecule has 126 valence electrons. The van der Waals surface area contributed by atoms with Crippen LogP contribution in [0.15, 0.2) is 30.3 Å². The van der Waals surface area contributed by atoms with Gasteiger partial charge in [-0.05, 0) is 12.0 Å². The minimum absolute atomic E-state index is 0.582. The Balaban J connectivity index is 1.99. The average molecular weight is 324 g/mol. The van der Waals surface area contributed by atoms with E-state index in [1.807, 2.05) is 18.2 Å². The zero-order chi connectivity index (χ0) is 16.1. The van der Waals surface area contributed by atoms with Crippen LogP contribution >= 0.6 is 11.6 Å². The van der Waals surface area contributed by atoms with Gasteiger partial charge in [-0.2, -0.15) is 0 Å². The maximum Gasteiger partial charge on any atom is 0.0951 e. The molecule has 22 heavy (non-hydrogen) atoms. The fraction of sp³-hybridized carbons (Fsp3) is 0.700. The van der Waals surface area contributed by atoms with Crippen molar-refractivity contribution in [1.29, 1.82) is 0 Å². The number of nitrogens with two attached hydrogens (primary N) is 1. The first-order valence-corrected chi connectivity index (χ1v) is 9.53. The van der Waals surface area contributed by atoms with Crippen molar-refractivity contribution >= 4 is 11.6 Å². The number of benzene rings is 1. The summed E-state index contributed by atoms with van der Waals surface area (Å²) < 4.78 is 0. The van der Waals surface area contributed by atoms with Crippen molar-refractivity contribution < 1.29 is 0 Å². The van der Waals surface area contributed by atoms with Crippen LogP contribution in [0, 0.1) is 0 Å². The smallest absolute Gasteiger partial charge is 0.0951 e. The highest BCUT2D eigenvalue weighted by Gasteiger charge is 2.21. The van der Waals surface area contributed by atoms with Gasteiger partial charge in [-0.1, -0.05) is 101 Å². The summed E-state index contributed by atoms with van der Waals surface area (Å²) in [5, 5.41) is 0. The van der Waals surface area contributed by atoms with Crippen molar-refractivity contribution in [2.75, 3.05) is 0 Å². The molecule has 1 aromatic carbocycles. The standard InChI is InChI=1S/C20H34ClN/c1-2-3-4-5-6-7-8-9-10-14-17-20(21,22)18-19-15-12-11-13-16-19/h11-13,15-16H,2-10,14,17-18,22H2,1H3. The van der Waals surface area contributed by atoms with Crippen LogP contribution < -0.4 is 5.73 Å². The van der Waals surface area contributed by atoms with Gasteiger partial charge in [-0.25, -0.2) is 0 Å². The van der Waals surface area contributed by atoms with Crippen molar-refractivity contribution in [2.45, 2.75) is 89.0 Å². The highest BCUT2D eigenvalue weighted by Crippen LogP contribution is 2.22. The summed E-state index contributed by atoms with van der Waals surface area (Å²) in [5.41, 5.74) is 7.45. The van der Waals surface area contributed by atoms with Crippen LogP contribution in [-0.4, -0.2) is 5.00 Å². The van der Waals surface area contributed by atoms with E-state index in [-0.39, 0.29) is 0 Å². The van der Waals surface area contributed by atoms with Crippen LogP contribution in [0.1, 0.15) is 83.1 Å². The van der Waals surface area contributed by atoms with Crippen molar-refractivity contribution in [3.8, 4) is 0 Å². The molecule has 2 N–H and O–H groups in total. The maximum absolute atomic E-state index is 6.46. The van der Waals surface area contributed by atoms with Crippen molar-refractivity contribution in [2.24, 2.45) is 5.73 Å². The van der Waals surface area contributed by atoms with Gasteiger partial charge in [0.15, 0.2) is 0 Å². The van der Waals surface area contributed by atoms with Gasteiger partial charge in [0.1, 0.15) is 0 Å². The van der Waals surface area contributed by atoms with Crippen molar-refractivity contribution in [1.82, 2.24) is 0 Å². The minimum atomic E-state index is -0.582. The van der Waals surface area contributed by atoms with Crippen molar-refractivity contribution in [3.05, 3.63) is 35.9 Å². The molecule has 0 fully saturated rings. The molecular formula is C20H34ClN. The number of unbranched alkanes of at least 4 members (excludes halogenated alkanes) is 9. The Kier molecular flexibility index (Phi) is 10.6. The molecule has 0 aromatic heterocycles. The second kappa shape index (κ2) is 12.0. The van der Waals surface area contributed by atoms with E-state index in [9.17, 15) is 0 Å². The molecule has 0 radical (unpaired) electrons. The Hall–Kier alpha value is -0.530. The molecule has 2 heteroatoms. The van der Waals surface area contributed by atoms with Gasteiger partial charge < -0.3 is 5.73 Å². The molecule has 1 atom stereocenters. The first-order chi connectivity index (χ1) is 10.6. The molecule has 1 rings (SSSR count). The number of hydrogen-bond donors (Lipinski definition) is 1. The summed E-state index contributed by atoms with van der Waals surface area (Å²) in [5.74, 6) is 0. The zero-order valence-corrected chi connectivity index (χ0v) is 15.1. The summed E-state index contributed by atoms with van der Waals surface area (Å²) >= 11 is 6.46. The Morgan fingerprint density at radius 1 is 0.818 bits per heavy atom. The van der Waals surface area contributed by atoms with E-state index in [0.717, 1.165) is 19.3 Å². The Morgan fingerprint density at radius 2 is 1.32 bits per heavy atom. The fourth-order valence-corrected chi connectivity index (χ4v) is 3.22. The van der Waals surface area contributed by atoms with Gasteiger partial charge in [0.25, 0.3) is 0 Å². The Morgan fingerprint density at radius 3 is 1.86 bits per heavy atom. The van der Waals surface area contributed by atoms with E-state index in [1.54, 1.807) is 0 Å². The molecule has 0 aliphatic rings. The molecule has 1 nitrogen and oxygen atoms in total. The Bertz CT molecular complexity index is 361. The van der Waals surface area contributed by atoms with E-state index >= 15 is 0 Å². The fourth-order valence-electron chi connectivity index (χ4n) is 2.93. The number of alkyl halides is 1. The number of rotatable bonds is 13. The molecule has 0 amide bonds. The largest absolute Gasteiger partial charge is 0.312 e. The molecule has 0 saturated heterocycles.